The monoisotopic (exact) mass is 297 g/mol. The van der Waals surface area contributed by atoms with Gasteiger partial charge in [0.2, 0.25) is 0 Å². The van der Waals surface area contributed by atoms with Gasteiger partial charge in [0.25, 0.3) is 0 Å². The summed E-state index contributed by atoms with van der Waals surface area (Å²) in [6.07, 6.45) is 0.805. The van der Waals surface area contributed by atoms with Crippen molar-refractivity contribution in [3.05, 3.63) is 78.4 Å². The highest BCUT2D eigenvalue weighted by atomic mass is 16.7. The molecule has 0 aromatic heterocycles. The summed E-state index contributed by atoms with van der Waals surface area (Å²) in [7, 11) is 0. The Bertz CT molecular complexity index is 625. The van der Waals surface area contributed by atoms with Crippen molar-refractivity contribution in [3.8, 4) is 0 Å². The van der Waals surface area contributed by atoms with Crippen molar-refractivity contribution in [1.82, 2.24) is 0 Å². The molecule has 2 aromatic carbocycles. The summed E-state index contributed by atoms with van der Waals surface area (Å²) < 4.78 is 10.3. The Labute approximate surface area is 130 Å². The summed E-state index contributed by atoms with van der Waals surface area (Å²) in [5.74, 6) is 0. The topological polar surface area (TPSA) is 61.5 Å². The molecule has 22 heavy (non-hydrogen) atoms. The van der Waals surface area contributed by atoms with E-state index in [4.69, 9.17) is 15.2 Å². The van der Waals surface area contributed by atoms with Gasteiger partial charge < -0.3 is 15.2 Å². The fraction of sp³-hybridized carbons (Fsp3) is 0.167. The summed E-state index contributed by atoms with van der Waals surface area (Å²) in [4.78, 5) is 11.7. The van der Waals surface area contributed by atoms with Crippen molar-refractivity contribution in [3.63, 3.8) is 0 Å². The van der Waals surface area contributed by atoms with Crippen LogP contribution in [0.4, 0.5) is 10.5 Å². The minimum absolute atomic E-state index is 0.119. The zero-order valence-electron chi connectivity index (χ0n) is 12.3. The lowest BCUT2D eigenvalue weighted by Crippen LogP contribution is -2.15. The molecule has 0 spiro atoms. The van der Waals surface area contributed by atoms with E-state index in [9.17, 15) is 4.79 Å². The molecule has 2 N–H and O–H groups in total. The smallest absolute Gasteiger partial charge is 0.430 e. The third-order valence-electron chi connectivity index (χ3n) is 3.19. The molecule has 4 heteroatoms. The SMILES string of the molecule is C=CCOC(=O)OC(Cc1ccccc1N)c1ccccc1. The lowest BCUT2D eigenvalue weighted by molar-refractivity contribution is 0.0290. The van der Waals surface area contributed by atoms with E-state index in [0.717, 1.165) is 11.1 Å². The van der Waals surface area contributed by atoms with Gasteiger partial charge in [-0.1, -0.05) is 61.2 Å². The van der Waals surface area contributed by atoms with Crippen LogP contribution in [0.5, 0.6) is 0 Å². The third kappa shape index (κ3) is 4.38. The maximum absolute atomic E-state index is 11.7. The zero-order chi connectivity index (χ0) is 15.8. The largest absolute Gasteiger partial charge is 0.509 e. The van der Waals surface area contributed by atoms with E-state index >= 15 is 0 Å². The Hall–Kier alpha value is -2.75. The Morgan fingerprint density at radius 2 is 1.82 bits per heavy atom. The maximum Gasteiger partial charge on any atom is 0.509 e. The van der Waals surface area contributed by atoms with Crippen LogP contribution in [0, 0.1) is 0 Å². The minimum Gasteiger partial charge on any atom is -0.430 e. The van der Waals surface area contributed by atoms with Gasteiger partial charge in [0.15, 0.2) is 0 Å². The first-order valence-corrected chi connectivity index (χ1v) is 7.03. The van der Waals surface area contributed by atoms with Crippen LogP contribution in [-0.2, 0) is 15.9 Å². The van der Waals surface area contributed by atoms with E-state index in [1.807, 2.05) is 54.6 Å². The van der Waals surface area contributed by atoms with Gasteiger partial charge in [0, 0.05) is 12.1 Å². The van der Waals surface area contributed by atoms with E-state index < -0.39 is 12.3 Å². The number of para-hydroxylation sites is 1. The second kappa shape index (κ2) is 7.88. The predicted molar refractivity (Wildman–Crippen MR) is 86.4 cm³/mol. The highest BCUT2D eigenvalue weighted by Crippen LogP contribution is 2.25. The highest BCUT2D eigenvalue weighted by Gasteiger charge is 2.19. The van der Waals surface area contributed by atoms with Gasteiger partial charge in [0.05, 0.1) is 0 Å². The summed E-state index contributed by atoms with van der Waals surface area (Å²) in [6, 6.07) is 17.0. The van der Waals surface area contributed by atoms with Crippen LogP contribution in [0.1, 0.15) is 17.2 Å². The molecule has 0 saturated heterocycles. The van der Waals surface area contributed by atoms with Crippen LogP contribution in [0.25, 0.3) is 0 Å². The third-order valence-corrected chi connectivity index (χ3v) is 3.19. The van der Waals surface area contributed by atoms with Gasteiger partial charge in [-0.15, -0.1) is 0 Å². The van der Waals surface area contributed by atoms with E-state index in [-0.39, 0.29) is 6.61 Å². The number of benzene rings is 2. The average molecular weight is 297 g/mol. The molecule has 0 radical (unpaired) electrons. The van der Waals surface area contributed by atoms with Crippen LogP contribution in [-0.4, -0.2) is 12.8 Å². The van der Waals surface area contributed by atoms with E-state index in [1.165, 1.54) is 6.08 Å². The standard InChI is InChI=1S/C18H19NO3/c1-2-12-21-18(20)22-17(14-8-4-3-5-9-14)13-15-10-6-7-11-16(15)19/h2-11,17H,1,12-13,19H2. The molecule has 2 rings (SSSR count). The van der Waals surface area contributed by atoms with E-state index in [1.54, 1.807) is 0 Å². The predicted octanol–water partition coefficient (Wildman–Crippen LogP) is 3.89. The van der Waals surface area contributed by atoms with Crippen molar-refractivity contribution in [2.45, 2.75) is 12.5 Å². The molecule has 1 atom stereocenters. The first kappa shape index (κ1) is 15.6. The first-order valence-electron chi connectivity index (χ1n) is 7.03. The average Bonchev–Trinajstić information content (AvgIpc) is 2.55. The van der Waals surface area contributed by atoms with Crippen LogP contribution in [0.15, 0.2) is 67.3 Å². The lowest BCUT2D eigenvalue weighted by Gasteiger charge is -2.19. The number of nitrogens with two attached hydrogens (primary N) is 1. The number of hydrogen-bond donors (Lipinski definition) is 1. The van der Waals surface area contributed by atoms with Crippen molar-refractivity contribution < 1.29 is 14.3 Å². The number of rotatable bonds is 6. The van der Waals surface area contributed by atoms with E-state index in [2.05, 4.69) is 6.58 Å². The fourth-order valence-corrected chi connectivity index (χ4v) is 2.09. The number of ether oxygens (including phenoxy) is 2. The number of hydrogen-bond acceptors (Lipinski definition) is 4. The molecular formula is C18H19NO3. The molecular weight excluding hydrogens is 278 g/mol. The molecule has 0 saturated carbocycles. The van der Waals surface area contributed by atoms with Crippen LogP contribution in [0.2, 0.25) is 0 Å². The number of nitrogen functional groups attached to an aromatic ring is 1. The summed E-state index contributed by atoms with van der Waals surface area (Å²) in [6.45, 7) is 3.62. The lowest BCUT2D eigenvalue weighted by atomic mass is 10.0. The fourth-order valence-electron chi connectivity index (χ4n) is 2.09. The van der Waals surface area contributed by atoms with Crippen molar-refractivity contribution in [2.75, 3.05) is 12.3 Å². The molecule has 0 fully saturated rings. The normalized spacial score (nSPS) is 11.5. The quantitative estimate of drug-likeness (QED) is 0.499. The molecule has 1 unspecified atom stereocenters. The maximum atomic E-state index is 11.7. The summed E-state index contributed by atoms with van der Waals surface area (Å²) in [5, 5.41) is 0. The van der Waals surface area contributed by atoms with Crippen LogP contribution >= 0.6 is 0 Å². The van der Waals surface area contributed by atoms with Gasteiger partial charge in [-0.25, -0.2) is 4.79 Å². The molecule has 0 heterocycles. The van der Waals surface area contributed by atoms with Gasteiger partial charge in [-0.3, -0.25) is 0 Å². The van der Waals surface area contributed by atoms with Crippen LogP contribution in [0.3, 0.4) is 0 Å². The first-order chi connectivity index (χ1) is 10.7. The minimum atomic E-state index is -0.719. The van der Waals surface area contributed by atoms with Crippen molar-refractivity contribution in [1.29, 1.82) is 0 Å². The van der Waals surface area contributed by atoms with Crippen molar-refractivity contribution in [2.24, 2.45) is 0 Å². The van der Waals surface area contributed by atoms with Gasteiger partial charge in [-0.05, 0) is 17.2 Å². The van der Waals surface area contributed by atoms with Gasteiger partial charge in [0.1, 0.15) is 12.7 Å². The van der Waals surface area contributed by atoms with Crippen LogP contribution < -0.4 is 5.73 Å². The van der Waals surface area contributed by atoms with Crippen molar-refractivity contribution >= 4 is 11.8 Å². The molecule has 2 aromatic rings. The molecule has 4 nitrogen and oxygen atoms in total. The zero-order valence-corrected chi connectivity index (χ0v) is 12.3. The molecule has 0 bridgehead atoms. The highest BCUT2D eigenvalue weighted by molar-refractivity contribution is 5.60. The Kier molecular flexibility index (Phi) is 5.60. The molecule has 0 aliphatic carbocycles. The number of carbonyl (C=O) groups excluding carboxylic acids is 1. The Balaban J connectivity index is 2.17. The molecule has 0 aliphatic heterocycles. The summed E-state index contributed by atoms with van der Waals surface area (Å²) >= 11 is 0. The number of carbonyl (C=O) groups is 1. The molecule has 0 amide bonds. The summed E-state index contributed by atoms with van der Waals surface area (Å²) in [5.41, 5.74) is 8.46. The van der Waals surface area contributed by atoms with Gasteiger partial charge in [-0.2, -0.15) is 0 Å². The second-order valence-corrected chi connectivity index (χ2v) is 4.77. The molecule has 0 aliphatic rings. The Morgan fingerprint density at radius 3 is 2.50 bits per heavy atom. The number of anilines is 1. The Morgan fingerprint density at radius 1 is 1.14 bits per heavy atom. The van der Waals surface area contributed by atoms with E-state index in [0.29, 0.717) is 12.1 Å². The van der Waals surface area contributed by atoms with Gasteiger partial charge >= 0.3 is 6.16 Å². The second-order valence-electron chi connectivity index (χ2n) is 4.77. The molecule has 114 valence electrons.